The van der Waals surface area contributed by atoms with Crippen LogP contribution in [0.2, 0.25) is 5.02 Å². The molecule has 2 aromatic heterocycles. The lowest BCUT2D eigenvalue weighted by atomic mass is 10.0. The maximum absolute atomic E-state index is 12.9. The van der Waals surface area contributed by atoms with Crippen molar-refractivity contribution in [2.45, 2.75) is 32.9 Å². The van der Waals surface area contributed by atoms with E-state index in [1.807, 2.05) is 61.1 Å². The molecule has 3 aromatic rings. The Balaban J connectivity index is 1.94. The molecule has 1 aliphatic heterocycles. The number of nitrogens with one attached hydrogen (secondary N) is 1. The summed E-state index contributed by atoms with van der Waals surface area (Å²) < 4.78 is 7.57. The molecule has 26 heavy (non-hydrogen) atoms. The average Bonchev–Trinajstić information content (AvgIpc) is 3.19. The number of ether oxygens (including phenoxy) is 1. The number of hydrogen-bond donors (Lipinski definition) is 1. The van der Waals surface area contributed by atoms with E-state index in [0.29, 0.717) is 16.5 Å². The number of hydrogen-bond acceptors (Lipinski definition) is 5. The smallest absolute Gasteiger partial charge is 0.338 e. The molecular formula is C19H18ClN3O2S. The van der Waals surface area contributed by atoms with Gasteiger partial charge in [0.1, 0.15) is 6.04 Å². The first-order chi connectivity index (χ1) is 12.5. The highest BCUT2D eigenvalue weighted by molar-refractivity contribution is 7.10. The number of thiophene rings is 1. The number of aromatic nitrogens is 2. The number of benzene rings is 1. The Morgan fingerprint density at radius 2 is 2.19 bits per heavy atom. The lowest BCUT2D eigenvalue weighted by molar-refractivity contribution is -0.143. The number of allylic oxidation sites excluding steroid dienone is 1. The zero-order valence-corrected chi connectivity index (χ0v) is 16.2. The van der Waals surface area contributed by atoms with E-state index in [1.165, 1.54) is 0 Å². The van der Waals surface area contributed by atoms with Crippen LogP contribution in [0.25, 0.3) is 11.0 Å². The molecule has 0 saturated carbocycles. The van der Waals surface area contributed by atoms with Gasteiger partial charge in [0.2, 0.25) is 5.95 Å². The van der Waals surface area contributed by atoms with Crippen LogP contribution in [-0.2, 0) is 9.53 Å². The van der Waals surface area contributed by atoms with Crippen molar-refractivity contribution in [2.75, 3.05) is 5.32 Å². The molecule has 1 atom stereocenters. The third kappa shape index (κ3) is 2.79. The summed E-state index contributed by atoms with van der Waals surface area (Å²) in [6.45, 7) is 5.59. The summed E-state index contributed by atoms with van der Waals surface area (Å²) in [5.74, 6) is 0.379. The first kappa shape index (κ1) is 17.1. The highest BCUT2D eigenvalue weighted by atomic mass is 35.5. The Hall–Kier alpha value is -2.31. The van der Waals surface area contributed by atoms with Gasteiger partial charge in [-0.25, -0.2) is 9.78 Å². The normalized spacial score (nSPS) is 16.7. The molecule has 7 heteroatoms. The van der Waals surface area contributed by atoms with Gasteiger partial charge in [-0.1, -0.05) is 17.7 Å². The van der Waals surface area contributed by atoms with Crippen molar-refractivity contribution < 1.29 is 9.53 Å². The maximum atomic E-state index is 12.9. The Bertz CT molecular complexity index is 1020. The van der Waals surface area contributed by atoms with E-state index in [2.05, 4.69) is 10.3 Å². The zero-order chi connectivity index (χ0) is 18.4. The molecule has 0 spiro atoms. The van der Waals surface area contributed by atoms with Crippen LogP contribution in [0.5, 0.6) is 0 Å². The lowest BCUT2D eigenvalue weighted by Gasteiger charge is -2.29. The highest BCUT2D eigenvalue weighted by Crippen LogP contribution is 2.41. The molecule has 1 aliphatic rings. The van der Waals surface area contributed by atoms with Crippen LogP contribution in [0, 0.1) is 0 Å². The van der Waals surface area contributed by atoms with E-state index in [0.717, 1.165) is 21.6 Å². The molecule has 0 saturated heterocycles. The topological polar surface area (TPSA) is 56.2 Å². The van der Waals surface area contributed by atoms with Gasteiger partial charge in [0.25, 0.3) is 0 Å². The highest BCUT2D eigenvalue weighted by Gasteiger charge is 2.35. The number of carbonyl (C=O) groups is 1. The Morgan fingerprint density at radius 3 is 2.88 bits per heavy atom. The lowest BCUT2D eigenvalue weighted by Crippen LogP contribution is -2.29. The first-order valence-electron chi connectivity index (χ1n) is 8.35. The van der Waals surface area contributed by atoms with Crippen molar-refractivity contribution in [1.29, 1.82) is 0 Å². The maximum Gasteiger partial charge on any atom is 0.338 e. The molecule has 0 fully saturated rings. The minimum Gasteiger partial charge on any atom is -0.459 e. The molecule has 4 rings (SSSR count). The minimum absolute atomic E-state index is 0.188. The van der Waals surface area contributed by atoms with Gasteiger partial charge in [0.15, 0.2) is 0 Å². The number of carbonyl (C=O) groups excluding carboxylic acids is 1. The first-order valence-corrected chi connectivity index (χ1v) is 9.61. The van der Waals surface area contributed by atoms with Gasteiger partial charge >= 0.3 is 5.97 Å². The molecule has 0 radical (unpaired) electrons. The van der Waals surface area contributed by atoms with Crippen molar-refractivity contribution in [3.63, 3.8) is 0 Å². The van der Waals surface area contributed by atoms with Crippen LogP contribution in [0.4, 0.5) is 5.95 Å². The van der Waals surface area contributed by atoms with Gasteiger partial charge < -0.3 is 10.1 Å². The molecule has 1 N–H and O–H groups in total. The van der Waals surface area contributed by atoms with Crippen molar-refractivity contribution >= 4 is 45.9 Å². The summed E-state index contributed by atoms with van der Waals surface area (Å²) in [5.41, 5.74) is 3.05. The molecular weight excluding hydrogens is 370 g/mol. The monoisotopic (exact) mass is 387 g/mol. The summed E-state index contributed by atoms with van der Waals surface area (Å²) in [4.78, 5) is 18.6. The van der Waals surface area contributed by atoms with E-state index in [4.69, 9.17) is 16.3 Å². The fraction of sp³-hybridized carbons (Fsp3) is 0.263. The number of fused-ring (bicyclic) bond motifs is 3. The van der Waals surface area contributed by atoms with Crippen LogP contribution in [0.15, 0.2) is 47.0 Å². The van der Waals surface area contributed by atoms with Gasteiger partial charge in [-0.2, -0.15) is 0 Å². The second-order valence-corrected chi connectivity index (χ2v) is 7.89. The van der Waals surface area contributed by atoms with Crippen LogP contribution < -0.4 is 5.32 Å². The number of imidazole rings is 1. The van der Waals surface area contributed by atoms with E-state index < -0.39 is 0 Å². The quantitative estimate of drug-likeness (QED) is 0.643. The molecule has 1 aromatic carbocycles. The number of rotatable bonds is 3. The largest absolute Gasteiger partial charge is 0.459 e. The van der Waals surface area contributed by atoms with E-state index >= 15 is 0 Å². The van der Waals surface area contributed by atoms with Gasteiger partial charge in [0.05, 0.1) is 22.7 Å². The van der Waals surface area contributed by atoms with Crippen molar-refractivity contribution in [3.8, 4) is 0 Å². The average molecular weight is 388 g/mol. The third-order valence-corrected chi connectivity index (χ3v) is 5.42. The van der Waals surface area contributed by atoms with E-state index in [-0.39, 0.29) is 18.1 Å². The molecule has 3 heterocycles. The van der Waals surface area contributed by atoms with E-state index in [1.54, 1.807) is 11.3 Å². The Morgan fingerprint density at radius 1 is 1.38 bits per heavy atom. The standard InChI is InChI=1S/C19H18ClN3O2S/c1-10(2)25-18(24)16-11(3)21-19-22-13-9-12(20)6-7-14(13)23(19)17(16)15-5-4-8-26-15/h4-10,17H,1-3H3,(H,21,22). The predicted octanol–water partition coefficient (Wildman–Crippen LogP) is 4.99. The summed E-state index contributed by atoms with van der Waals surface area (Å²) in [6, 6.07) is 9.32. The van der Waals surface area contributed by atoms with Crippen molar-refractivity contribution in [2.24, 2.45) is 0 Å². The number of halogens is 1. The molecule has 0 aliphatic carbocycles. The van der Waals surface area contributed by atoms with Crippen LogP contribution >= 0.6 is 22.9 Å². The fourth-order valence-corrected chi connectivity index (χ4v) is 4.24. The fourth-order valence-electron chi connectivity index (χ4n) is 3.25. The number of esters is 1. The molecule has 5 nitrogen and oxygen atoms in total. The SMILES string of the molecule is CC1=C(C(=O)OC(C)C)C(c2cccs2)n2c(nc3cc(Cl)ccc32)N1. The van der Waals surface area contributed by atoms with Gasteiger partial charge in [0, 0.05) is 15.6 Å². The van der Waals surface area contributed by atoms with Crippen molar-refractivity contribution in [1.82, 2.24) is 9.55 Å². The molecule has 0 bridgehead atoms. The van der Waals surface area contributed by atoms with Gasteiger partial charge in [-0.05, 0) is 50.4 Å². The summed E-state index contributed by atoms with van der Waals surface area (Å²) >= 11 is 7.74. The zero-order valence-electron chi connectivity index (χ0n) is 14.6. The van der Waals surface area contributed by atoms with Crippen LogP contribution in [0.1, 0.15) is 31.7 Å². The molecule has 0 amide bonds. The second-order valence-electron chi connectivity index (χ2n) is 6.47. The number of anilines is 1. The summed E-state index contributed by atoms with van der Waals surface area (Å²) in [7, 11) is 0. The second kappa shape index (κ2) is 6.45. The van der Waals surface area contributed by atoms with Crippen LogP contribution in [-0.4, -0.2) is 21.6 Å². The number of nitrogens with zero attached hydrogens (tertiary/aromatic N) is 2. The summed E-state index contributed by atoms with van der Waals surface area (Å²) in [5, 5.41) is 5.89. The Labute approximate surface area is 160 Å². The van der Waals surface area contributed by atoms with E-state index in [9.17, 15) is 4.79 Å². The van der Waals surface area contributed by atoms with Gasteiger partial charge in [-0.15, -0.1) is 11.3 Å². The third-order valence-electron chi connectivity index (χ3n) is 4.26. The predicted molar refractivity (Wildman–Crippen MR) is 105 cm³/mol. The van der Waals surface area contributed by atoms with Gasteiger partial charge in [-0.3, -0.25) is 4.57 Å². The Kier molecular flexibility index (Phi) is 4.25. The minimum atomic E-state index is -0.315. The molecule has 1 unspecified atom stereocenters. The summed E-state index contributed by atoms with van der Waals surface area (Å²) in [6.07, 6.45) is -0.188. The van der Waals surface area contributed by atoms with Crippen LogP contribution in [0.3, 0.4) is 0 Å². The molecule has 134 valence electrons. The van der Waals surface area contributed by atoms with Crippen molar-refractivity contribution in [3.05, 3.63) is 56.9 Å².